The lowest BCUT2D eigenvalue weighted by molar-refractivity contribution is -0.133. The number of hydrogen-bond donors (Lipinski definition) is 0. The molecule has 6 heteroatoms. The third-order valence-electron chi connectivity index (χ3n) is 4.19. The second-order valence-electron chi connectivity index (χ2n) is 5.96. The van der Waals surface area contributed by atoms with Crippen LogP contribution in [0.25, 0.3) is 0 Å². The number of aromatic nitrogens is 1. The number of piperazine rings is 1. The van der Waals surface area contributed by atoms with Crippen molar-refractivity contribution in [3.8, 4) is 11.8 Å². The Morgan fingerprint density at radius 3 is 2.76 bits per heavy atom. The smallest absolute Gasteiger partial charge is 0.260 e. The molecule has 128 valence electrons. The van der Waals surface area contributed by atoms with Crippen LogP contribution in [0.2, 0.25) is 0 Å². The topological polar surface area (TPSA) is 69.5 Å². The van der Waals surface area contributed by atoms with Gasteiger partial charge in [-0.05, 0) is 36.8 Å². The molecule has 0 saturated carbocycles. The lowest BCUT2D eigenvalue weighted by Crippen LogP contribution is -2.50. The van der Waals surface area contributed by atoms with Crippen molar-refractivity contribution in [1.29, 1.82) is 5.26 Å². The first-order valence-corrected chi connectivity index (χ1v) is 8.24. The van der Waals surface area contributed by atoms with E-state index in [1.807, 2.05) is 36.1 Å². The Labute approximate surface area is 147 Å². The number of rotatable bonds is 4. The number of benzene rings is 1. The molecule has 0 spiro atoms. The fourth-order valence-corrected chi connectivity index (χ4v) is 2.85. The van der Waals surface area contributed by atoms with Crippen LogP contribution in [0.15, 0.2) is 42.6 Å². The Kier molecular flexibility index (Phi) is 5.14. The summed E-state index contributed by atoms with van der Waals surface area (Å²) in [6.45, 7) is 4.52. The number of hydrogen-bond acceptors (Lipinski definition) is 5. The van der Waals surface area contributed by atoms with E-state index in [2.05, 4.69) is 11.1 Å². The van der Waals surface area contributed by atoms with Crippen molar-refractivity contribution >= 4 is 11.7 Å². The molecular weight excluding hydrogens is 316 g/mol. The molecule has 6 nitrogen and oxygen atoms in total. The van der Waals surface area contributed by atoms with Crippen molar-refractivity contribution in [3.63, 3.8) is 0 Å². The van der Waals surface area contributed by atoms with Gasteiger partial charge in [0.05, 0.1) is 5.56 Å². The highest BCUT2D eigenvalue weighted by Crippen LogP contribution is 2.18. The second-order valence-corrected chi connectivity index (χ2v) is 5.96. The van der Waals surface area contributed by atoms with Crippen LogP contribution in [0.5, 0.6) is 5.75 Å². The molecule has 2 aromatic rings. The number of aryl methyl sites for hydroxylation is 1. The van der Waals surface area contributed by atoms with E-state index in [9.17, 15) is 10.1 Å². The van der Waals surface area contributed by atoms with Gasteiger partial charge in [0.25, 0.3) is 5.91 Å². The summed E-state index contributed by atoms with van der Waals surface area (Å²) in [5.41, 5.74) is 1.66. The van der Waals surface area contributed by atoms with Crippen molar-refractivity contribution in [3.05, 3.63) is 53.7 Å². The number of carbonyl (C=O) groups excluding carboxylic acids is 1. The molecule has 0 N–H and O–H groups in total. The molecule has 1 aliphatic heterocycles. The van der Waals surface area contributed by atoms with Crippen LogP contribution in [0.3, 0.4) is 0 Å². The molecule has 25 heavy (non-hydrogen) atoms. The molecule has 0 radical (unpaired) electrons. The monoisotopic (exact) mass is 336 g/mol. The van der Waals surface area contributed by atoms with Crippen molar-refractivity contribution < 1.29 is 9.53 Å². The maximum Gasteiger partial charge on any atom is 0.260 e. The van der Waals surface area contributed by atoms with Gasteiger partial charge in [0, 0.05) is 32.4 Å². The zero-order valence-corrected chi connectivity index (χ0v) is 14.2. The average molecular weight is 336 g/mol. The zero-order chi connectivity index (χ0) is 17.6. The maximum atomic E-state index is 12.3. The predicted octanol–water partition coefficient (Wildman–Crippen LogP) is 1.99. The summed E-state index contributed by atoms with van der Waals surface area (Å²) in [5.74, 6) is 1.37. The normalized spacial score (nSPS) is 14.1. The largest absolute Gasteiger partial charge is 0.484 e. The molecule has 0 atom stereocenters. The van der Waals surface area contributed by atoms with E-state index < -0.39 is 0 Å². The van der Waals surface area contributed by atoms with E-state index in [0.29, 0.717) is 43.3 Å². The van der Waals surface area contributed by atoms with E-state index in [-0.39, 0.29) is 12.5 Å². The van der Waals surface area contributed by atoms with Crippen molar-refractivity contribution in [2.24, 2.45) is 0 Å². The first kappa shape index (κ1) is 16.8. The van der Waals surface area contributed by atoms with Gasteiger partial charge in [0.2, 0.25) is 0 Å². The van der Waals surface area contributed by atoms with E-state index in [4.69, 9.17) is 4.74 Å². The van der Waals surface area contributed by atoms with Crippen LogP contribution in [-0.4, -0.2) is 48.6 Å². The summed E-state index contributed by atoms with van der Waals surface area (Å²) >= 11 is 0. The molecule has 1 amide bonds. The Morgan fingerprint density at radius 1 is 1.24 bits per heavy atom. The number of pyridine rings is 1. The molecular formula is C19H20N4O2. The van der Waals surface area contributed by atoms with Crippen molar-refractivity contribution in [2.75, 3.05) is 37.7 Å². The van der Waals surface area contributed by atoms with Gasteiger partial charge in [0.1, 0.15) is 17.6 Å². The highest BCUT2D eigenvalue weighted by Gasteiger charge is 2.23. The van der Waals surface area contributed by atoms with Gasteiger partial charge in [-0.2, -0.15) is 5.26 Å². The summed E-state index contributed by atoms with van der Waals surface area (Å²) in [6.07, 6.45) is 1.68. The summed E-state index contributed by atoms with van der Waals surface area (Å²) in [4.78, 5) is 20.5. The van der Waals surface area contributed by atoms with Gasteiger partial charge in [-0.1, -0.05) is 12.1 Å². The third kappa shape index (κ3) is 4.07. The van der Waals surface area contributed by atoms with Gasteiger partial charge < -0.3 is 14.5 Å². The molecule has 1 aliphatic rings. The maximum absolute atomic E-state index is 12.3. The number of amides is 1. The van der Waals surface area contributed by atoms with E-state index in [1.165, 1.54) is 0 Å². The van der Waals surface area contributed by atoms with E-state index >= 15 is 0 Å². The minimum Gasteiger partial charge on any atom is -0.484 e. The minimum atomic E-state index is -0.0253. The molecule has 0 aliphatic carbocycles. The summed E-state index contributed by atoms with van der Waals surface area (Å²) in [5, 5.41) is 9.19. The highest BCUT2D eigenvalue weighted by molar-refractivity contribution is 5.78. The molecule has 1 aromatic heterocycles. The first-order valence-electron chi connectivity index (χ1n) is 8.24. The Morgan fingerprint density at radius 2 is 2.04 bits per heavy atom. The quantitative estimate of drug-likeness (QED) is 0.854. The van der Waals surface area contributed by atoms with Crippen LogP contribution in [0.1, 0.15) is 11.1 Å². The summed E-state index contributed by atoms with van der Waals surface area (Å²) < 4.78 is 5.59. The number of anilines is 1. The molecule has 3 rings (SSSR count). The fourth-order valence-electron chi connectivity index (χ4n) is 2.85. The molecule has 2 heterocycles. The number of carbonyl (C=O) groups is 1. The Hall–Kier alpha value is -3.07. The van der Waals surface area contributed by atoms with Crippen molar-refractivity contribution in [1.82, 2.24) is 9.88 Å². The zero-order valence-electron chi connectivity index (χ0n) is 14.2. The van der Waals surface area contributed by atoms with Crippen LogP contribution in [0.4, 0.5) is 5.82 Å². The number of nitrogens with zero attached hydrogens (tertiary/aromatic N) is 4. The van der Waals surface area contributed by atoms with Gasteiger partial charge in [0.15, 0.2) is 6.61 Å². The number of nitriles is 1. The fraction of sp³-hybridized carbons (Fsp3) is 0.316. The van der Waals surface area contributed by atoms with Crippen LogP contribution in [0, 0.1) is 18.3 Å². The molecule has 1 fully saturated rings. The van der Waals surface area contributed by atoms with E-state index in [0.717, 1.165) is 5.56 Å². The standard InChI is InChI=1S/C19H20N4O2/c1-15-4-2-6-17(12-15)25-14-18(24)22-8-10-23(11-9-22)19-16(13-20)5-3-7-21-19/h2-7,12H,8-11,14H2,1H3. The van der Waals surface area contributed by atoms with Gasteiger partial charge in [-0.3, -0.25) is 4.79 Å². The lowest BCUT2D eigenvalue weighted by atomic mass is 10.2. The second kappa shape index (κ2) is 7.67. The highest BCUT2D eigenvalue weighted by atomic mass is 16.5. The van der Waals surface area contributed by atoms with Gasteiger partial charge in [-0.15, -0.1) is 0 Å². The minimum absolute atomic E-state index is 0.0253. The lowest BCUT2D eigenvalue weighted by Gasteiger charge is -2.35. The van der Waals surface area contributed by atoms with Gasteiger partial charge in [-0.25, -0.2) is 4.98 Å². The molecule has 1 saturated heterocycles. The van der Waals surface area contributed by atoms with Crippen LogP contribution in [-0.2, 0) is 4.79 Å². The molecule has 1 aromatic carbocycles. The SMILES string of the molecule is Cc1cccc(OCC(=O)N2CCN(c3ncccc3C#N)CC2)c1. The summed E-state index contributed by atoms with van der Waals surface area (Å²) in [7, 11) is 0. The first-order chi connectivity index (χ1) is 12.2. The summed E-state index contributed by atoms with van der Waals surface area (Å²) in [6, 6.07) is 13.3. The van der Waals surface area contributed by atoms with Gasteiger partial charge >= 0.3 is 0 Å². The molecule has 0 unspecified atom stereocenters. The van der Waals surface area contributed by atoms with E-state index in [1.54, 1.807) is 23.2 Å². The third-order valence-corrected chi connectivity index (χ3v) is 4.19. The Balaban J connectivity index is 1.53. The van der Waals surface area contributed by atoms with Crippen LogP contribution < -0.4 is 9.64 Å². The average Bonchev–Trinajstić information content (AvgIpc) is 2.66. The molecule has 0 bridgehead atoms. The van der Waals surface area contributed by atoms with Crippen LogP contribution >= 0.6 is 0 Å². The predicted molar refractivity (Wildman–Crippen MR) is 94.4 cm³/mol. The van der Waals surface area contributed by atoms with Crippen molar-refractivity contribution in [2.45, 2.75) is 6.92 Å². The number of ether oxygens (including phenoxy) is 1. The Bertz CT molecular complexity index is 792.